The maximum atomic E-state index is 11.6. The molecule has 0 saturated heterocycles. The number of thiol groups is 1. The second-order valence-corrected chi connectivity index (χ2v) is 14.5. The average Bonchev–Trinajstić information content (AvgIpc) is 3.21. The summed E-state index contributed by atoms with van der Waals surface area (Å²) in [5.41, 5.74) is 7.04. The molecule has 14 heteroatoms. The topological polar surface area (TPSA) is 103 Å². The summed E-state index contributed by atoms with van der Waals surface area (Å²) in [6, 6.07) is 28.5. The third kappa shape index (κ3) is 14.1. The van der Waals surface area contributed by atoms with Gasteiger partial charge in [-0.25, -0.2) is 4.79 Å². The number of hydrogen-bond acceptors (Lipinski definition) is 7. The summed E-state index contributed by atoms with van der Waals surface area (Å²) in [6.45, 7) is 4.04. The number of nitrogens with zero attached hydrogens (tertiary/aromatic N) is 1. The highest BCUT2D eigenvalue weighted by Crippen LogP contribution is 2.37. The predicted molar refractivity (Wildman–Crippen MR) is 232 cm³/mol. The Morgan fingerprint density at radius 2 is 1.05 bits per heavy atom. The van der Waals surface area contributed by atoms with Gasteiger partial charge in [0.25, 0.3) is 0 Å². The molecule has 0 fully saturated rings. The molecule has 0 amide bonds. The van der Waals surface area contributed by atoms with E-state index in [1.165, 1.54) is 34.6 Å². The fourth-order valence-corrected chi connectivity index (χ4v) is 7.26. The normalized spacial score (nSPS) is 17.0. The lowest BCUT2D eigenvalue weighted by Gasteiger charge is -2.34. The maximum absolute atomic E-state index is 11.6. The van der Waals surface area contributed by atoms with Gasteiger partial charge in [0.1, 0.15) is 18.6 Å². The molecular weight excluding hydrogens is 818 g/mol. The molecule has 2 aliphatic heterocycles. The van der Waals surface area contributed by atoms with Crippen LogP contribution in [-0.2, 0) is 22.4 Å². The third-order valence-corrected chi connectivity index (χ3v) is 10.3. The number of carboxylic acid groups (broad SMARTS) is 1. The van der Waals surface area contributed by atoms with Gasteiger partial charge in [0, 0.05) is 50.6 Å². The molecule has 0 aromatic heterocycles. The van der Waals surface area contributed by atoms with Gasteiger partial charge in [-0.3, -0.25) is 4.79 Å². The zero-order chi connectivity index (χ0) is 41.4. The van der Waals surface area contributed by atoms with E-state index in [0.717, 1.165) is 58.4 Å². The minimum absolute atomic E-state index is 0. The number of carbonyl (C=O) groups is 2. The van der Waals surface area contributed by atoms with Gasteiger partial charge in [-0.05, 0) is 42.3 Å². The van der Waals surface area contributed by atoms with E-state index < -0.39 is 5.97 Å². The average molecular weight is 881 g/mol. The van der Waals surface area contributed by atoms with Crippen LogP contribution in [0.1, 0.15) is 68.6 Å². The van der Waals surface area contributed by atoms with E-state index in [1.807, 2.05) is 80.5 Å². The number of rotatable bonds is 10. The summed E-state index contributed by atoms with van der Waals surface area (Å²) in [6.07, 6.45) is 1.72. The van der Waals surface area contributed by atoms with Crippen LogP contribution in [0.2, 0.25) is 0 Å². The number of fused-ring (bicyclic) bond motifs is 2. The first kappa shape index (κ1) is 52.0. The Bertz CT molecular complexity index is 1770. The highest BCUT2D eigenvalue weighted by atomic mass is 35.5. The Hall–Kier alpha value is -4.04. The van der Waals surface area contributed by atoms with Crippen molar-refractivity contribution in [1.29, 1.82) is 0 Å². The van der Waals surface area contributed by atoms with E-state index >= 15 is 0 Å². The predicted octanol–water partition coefficient (Wildman–Crippen LogP) is -0.815. The van der Waals surface area contributed by atoms with E-state index in [1.54, 1.807) is 28.4 Å². The second kappa shape index (κ2) is 26.1. The van der Waals surface area contributed by atoms with Crippen molar-refractivity contribution in [2.45, 2.75) is 46.7 Å². The van der Waals surface area contributed by atoms with Crippen molar-refractivity contribution in [3.63, 3.8) is 0 Å². The molecule has 0 bridgehead atoms. The van der Waals surface area contributed by atoms with Crippen LogP contribution in [0.3, 0.4) is 0 Å². The largest absolute Gasteiger partial charge is 1.00 e. The van der Waals surface area contributed by atoms with Crippen LogP contribution in [-0.4, -0.2) is 94.8 Å². The molecule has 0 radical (unpaired) electrons. The molecular formula is C44H61Cl2N3O7S2. The van der Waals surface area contributed by atoms with Gasteiger partial charge in [0.15, 0.2) is 29.5 Å². The number of thiocarbonyl (C=S) groups is 1. The van der Waals surface area contributed by atoms with E-state index in [-0.39, 0.29) is 56.0 Å². The molecule has 4 unspecified atom stereocenters. The number of carbonyl (C=O) groups excluding carboxylic acids is 1. The molecule has 6 rings (SSSR count). The molecule has 0 aliphatic carbocycles. The summed E-state index contributed by atoms with van der Waals surface area (Å²) in [5.74, 6) is 2.07. The Kier molecular flexibility index (Phi) is 23.4. The zero-order valence-electron chi connectivity index (χ0n) is 34.9. The molecule has 4 aromatic rings. The smallest absolute Gasteiger partial charge is 0.359 e. The fourth-order valence-electron chi connectivity index (χ4n) is 7.05. The number of nitrogens with one attached hydrogen (secondary N) is 2. The van der Waals surface area contributed by atoms with Crippen LogP contribution in [0.15, 0.2) is 84.9 Å². The number of hydrogen-bond donors (Lipinski definition) is 4. The van der Waals surface area contributed by atoms with Gasteiger partial charge in [-0.1, -0.05) is 100 Å². The Morgan fingerprint density at radius 1 is 0.724 bits per heavy atom. The van der Waals surface area contributed by atoms with Crippen molar-refractivity contribution in [3.05, 3.63) is 118 Å². The van der Waals surface area contributed by atoms with Crippen LogP contribution >= 0.6 is 24.8 Å². The van der Waals surface area contributed by atoms with Gasteiger partial charge < -0.3 is 63.6 Å². The van der Waals surface area contributed by atoms with Gasteiger partial charge in [0.05, 0.1) is 46.5 Å². The standard InChI is InChI=1S/C19H21NO4.C19H21NO3S.C4H9NS.2CH4.2ClH/c1-23-16-10-14-8-9-20(12-18(21)22)19(13-6-4-3-5-7-13)15(14)11-17(16)24-2;1-22-16-10-14-8-9-20(12-18(21)24)19(13-6-4-3-5-7-13)15(14)11-17(16)23-2;1-4(6)5(2)3;;;;/h3-7,10-11,19H,8-9,12H2,1-2H3,(H,21,22);3-7,10-11,19H,8-9,12H2,1-2H3,(H,21,24);1-3H3;2*1H4;2*1H/i;;;1T;;;. The number of halogens is 2. The monoisotopic (exact) mass is 879 g/mol. The summed E-state index contributed by atoms with van der Waals surface area (Å²) in [7, 11) is 11.7. The molecule has 4 atom stereocenters. The minimum Gasteiger partial charge on any atom is -1.00 e. The van der Waals surface area contributed by atoms with Crippen molar-refractivity contribution in [1.82, 2.24) is 4.90 Å². The Balaban J connectivity index is 0.000000927. The number of quaternary nitrogens is 2. The Labute approximate surface area is 370 Å². The number of benzene rings is 4. The van der Waals surface area contributed by atoms with Gasteiger partial charge >= 0.3 is 5.97 Å². The fraction of sp³-hybridized carbons (Fsp3) is 0.386. The summed E-state index contributed by atoms with van der Waals surface area (Å²) >= 11 is 8.74. The molecule has 58 heavy (non-hydrogen) atoms. The molecule has 4 aromatic carbocycles. The van der Waals surface area contributed by atoms with Crippen molar-refractivity contribution in [2.24, 2.45) is 0 Å². The summed E-state index contributed by atoms with van der Waals surface area (Å²) in [4.78, 5) is 28.0. The summed E-state index contributed by atoms with van der Waals surface area (Å²) < 4.78 is 27.5. The zero-order valence-corrected chi connectivity index (χ0v) is 37.2. The first-order valence-corrected chi connectivity index (χ1v) is 18.7. The van der Waals surface area contributed by atoms with E-state index in [2.05, 4.69) is 43.0 Å². The SMILES string of the molecule is C.CC(=S)N(C)C.COc1cc2c(cc1OC)C(c1ccccc1)[NH+](CC(=O)O)CC2.COc1cc2c(cc1OC)C(c1ccccc1)[NH+](CC(=O)S)CC2.[3H]C.[Cl-].[Cl-]. The molecule has 2 heterocycles. The lowest BCUT2D eigenvalue weighted by atomic mass is 9.87. The van der Waals surface area contributed by atoms with Gasteiger partial charge in [0.2, 0.25) is 5.12 Å². The van der Waals surface area contributed by atoms with Crippen LogP contribution in [0.4, 0.5) is 0 Å². The third-order valence-electron chi connectivity index (χ3n) is 9.81. The number of methoxy groups -OCH3 is 4. The van der Waals surface area contributed by atoms with Crippen molar-refractivity contribution in [3.8, 4) is 23.0 Å². The van der Waals surface area contributed by atoms with E-state index in [4.69, 9.17) is 32.5 Å². The van der Waals surface area contributed by atoms with E-state index in [9.17, 15) is 14.7 Å². The number of ether oxygens (including phenoxy) is 4. The van der Waals surface area contributed by atoms with E-state index in [0.29, 0.717) is 18.0 Å². The van der Waals surface area contributed by atoms with Crippen LogP contribution in [0.25, 0.3) is 0 Å². The second-order valence-electron chi connectivity index (χ2n) is 13.4. The molecule has 2 aliphatic rings. The Morgan fingerprint density at radius 3 is 1.34 bits per heavy atom. The lowest BCUT2D eigenvalue weighted by molar-refractivity contribution is -0.920. The number of aliphatic carboxylic acids is 1. The van der Waals surface area contributed by atoms with Crippen molar-refractivity contribution in [2.75, 3.05) is 68.7 Å². The molecule has 3 N–H and O–H groups in total. The van der Waals surface area contributed by atoms with Crippen LogP contribution in [0, 0.1) is 0 Å². The quantitative estimate of drug-likeness (QED) is 0.121. The van der Waals surface area contributed by atoms with Crippen molar-refractivity contribution < 1.29 is 69.6 Å². The lowest BCUT2D eigenvalue weighted by Crippen LogP contribution is -3.14. The first-order valence-electron chi connectivity index (χ1n) is 18.8. The molecule has 320 valence electrons. The molecule has 0 saturated carbocycles. The highest BCUT2D eigenvalue weighted by Gasteiger charge is 2.36. The maximum Gasteiger partial charge on any atom is 0.359 e. The van der Waals surface area contributed by atoms with Crippen LogP contribution < -0.4 is 53.6 Å². The van der Waals surface area contributed by atoms with Gasteiger partial charge in [-0.15, -0.1) is 0 Å². The summed E-state index contributed by atoms with van der Waals surface area (Å²) in [5, 5.41) is 9.21. The number of carboxylic acids is 1. The first-order chi connectivity index (χ1) is 26.9. The minimum atomic E-state index is -0.783. The molecule has 10 nitrogen and oxygen atoms in total. The van der Waals surface area contributed by atoms with Crippen molar-refractivity contribution >= 4 is 40.9 Å². The van der Waals surface area contributed by atoms with Crippen LogP contribution in [0.5, 0.6) is 23.0 Å². The molecule has 0 spiro atoms. The highest BCUT2D eigenvalue weighted by molar-refractivity contribution is 7.96. The van der Waals surface area contributed by atoms with Gasteiger partial charge in [-0.2, -0.15) is 0 Å².